The smallest absolute Gasteiger partial charge is 0.0932 e. The van der Waals surface area contributed by atoms with E-state index < -0.39 is 0 Å². The molecule has 0 radical (unpaired) electrons. The molecule has 2 saturated carbocycles. The first-order chi connectivity index (χ1) is 7.74. The number of aliphatic hydroxyl groups excluding tert-OH is 2. The van der Waals surface area contributed by atoms with E-state index in [0.29, 0.717) is 0 Å². The van der Waals surface area contributed by atoms with Crippen molar-refractivity contribution in [2.75, 3.05) is 0 Å². The minimum atomic E-state index is -0.148. The van der Waals surface area contributed by atoms with Crippen molar-refractivity contribution < 1.29 is 20.0 Å². The number of rotatable bonds is 3. The fraction of sp³-hybridized carbons (Fsp3) is 1.00. The van der Waals surface area contributed by atoms with Gasteiger partial charge in [-0.25, -0.2) is 9.78 Å². The molecule has 0 amide bonds. The topological polar surface area (TPSA) is 58.9 Å². The van der Waals surface area contributed by atoms with Crippen molar-refractivity contribution in [3.8, 4) is 0 Å². The molecule has 2 aliphatic carbocycles. The van der Waals surface area contributed by atoms with Gasteiger partial charge in [-0.1, -0.05) is 0 Å². The molecule has 0 atom stereocenters. The maximum atomic E-state index is 9.35. The molecular weight excluding hydrogens is 208 g/mol. The molecule has 2 aliphatic rings. The third-order valence-electron chi connectivity index (χ3n) is 3.62. The second kappa shape index (κ2) is 5.96. The lowest BCUT2D eigenvalue weighted by atomic mass is 9.95. The second-order valence-corrected chi connectivity index (χ2v) is 5.05. The van der Waals surface area contributed by atoms with Crippen molar-refractivity contribution >= 4 is 0 Å². The van der Waals surface area contributed by atoms with Crippen LogP contribution in [0.15, 0.2) is 0 Å². The SMILES string of the molecule is OC1CCC(OOC2CCC(O)CC2)CC1. The normalized spacial score (nSPS) is 40.9. The van der Waals surface area contributed by atoms with Gasteiger partial charge in [-0.15, -0.1) is 0 Å². The van der Waals surface area contributed by atoms with Gasteiger partial charge >= 0.3 is 0 Å². The Balaban J connectivity index is 1.60. The largest absolute Gasteiger partial charge is 0.393 e. The highest BCUT2D eigenvalue weighted by Gasteiger charge is 2.24. The van der Waals surface area contributed by atoms with Crippen LogP contribution in [-0.2, 0) is 9.78 Å². The van der Waals surface area contributed by atoms with Crippen LogP contribution >= 0.6 is 0 Å². The van der Waals surface area contributed by atoms with E-state index in [1.165, 1.54) is 0 Å². The molecule has 0 aromatic heterocycles. The van der Waals surface area contributed by atoms with Crippen LogP contribution in [0.3, 0.4) is 0 Å². The van der Waals surface area contributed by atoms with Crippen molar-refractivity contribution in [3.63, 3.8) is 0 Å². The Morgan fingerprint density at radius 1 is 0.562 bits per heavy atom. The van der Waals surface area contributed by atoms with Crippen LogP contribution in [0.4, 0.5) is 0 Å². The highest BCUT2D eigenvalue weighted by Crippen LogP contribution is 2.25. The predicted octanol–water partition coefficient (Wildman–Crippen LogP) is 1.54. The van der Waals surface area contributed by atoms with Crippen molar-refractivity contribution in [2.24, 2.45) is 0 Å². The summed E-state index contributed by atoms with van der Waals surface area (Å²) in [4.78, 5) is 10.8. The zero-order chi connectivity index (χ0) is 11.4. The summed E-state index contributed by atoms with van der Waals surface area (Å²) in [6.45, 7) is 0. The van der Waals surface area contributed by atoms with E-state index >= 15 is 0 Å². The van der Waals surface area contributed by atoms with Crippen LogP contribution in [0.25, 0.3) is 0 Å². The Bertz CT molecular complexity index is 171. The molecular formula is C12H22O4. The quantitative estimate of drug-likeness (QED) is 0.570. The Morgan fingerprint density at radius 2 is 0.875 bits per heavy atom. The molecule has 2 N–H and O–H groups in total. The molecule has 0 aliphatic heterocycles. The van der Waals surface area contributed by atoms with Crippen molar-refractivity contribution in [2.45, 2.75) is 75.8 Å². The minimum Gasteiger partial charge on any atom is -0.393 e. The van der Waals surface area contributed by atoms with Gasteiger partial charge < -0.3 is 10.2 Å². The Hall–Kier alpha value is -0.160. The summed E-state index contributed by atoms with van der Waals surface area (Å²) >= 11 is 0. The van der Waals surface area contributed by atoms with Gasteiger partial charge in [0.25, 0.3) is 0 Å². The first-order valence-electron chi connectivity index (χ1n) is 6.42. The van der Waals surface area contributed by atoms with E-state index in [4.69, 9.17) is 9.78 Å². The third-order valence-corrected chi connectivity index (χ3v) is 3.62. The molecule has 94 valence electrons. The monoisotopic (exact) mass is 230 g/mol. The van der Waals surface area contributed by atoms with Crippen LogP contribution in [0.5, 0.6) is 0 Å². The van der Waals surface area contributed by atoms with Gasteiger partial charge in [0.05, 0.1) is 24.4 Å². The molecule has 2 fully saturated rings. The molecule has 0 unspecified atom stereocenters. The molecule has 16 heavy (non-hydrogen) atoms. The Kier molecular flexibility index (Phi) is 4.58. The van der Waals surface area contributed by atoms with Gasteiger partial charge in [0.2, 0.25) is 0 Å². The average Bonchev–Trinajstić information content (AvgIpc) is 2.30. The van der Waals surface area contributed by atoms with Crippen LogP contribution in [0.2, 0.25) is 0 Å². The standard InChI is InChI=1S/C12H22O4/c13-9-1-5-11(6-2-9)15-16-12-7-3-10(14)4-8-12/h9-14H,1-8H2. The highest BCUT2D eigenvalue weighted by molar-refractivity contribution is 4.72. The van der Waals surface area contributed by atoms with E-state index in [9.17, 15) is 10.2 Å². The molecule has 0 aromatic rings. The van der Waals surface area contributed by atoms with E-state index in [0.717, 1.165) is 51.4 Å². The molecule has 0 saturated heterocycles. The zero-order valence-corrected chi connectivity index (χ0v) is 9.68. The van der Waals surface area contributed by atoms with Gasteiger partial charge in [0.1, 0.15) is 0 Å². The maximum absolute atomic E-state index is 9.35. The summed E-state index contributed by atoms with van der Waals surface area (Å²) in [6.07, 6.45) is 6.81. The van der Waals surface area contributed by atoms with E-state index in [1.54, 1.807) is 0 Å². The van der Waals surface area contributed by atoms with Crippen LogP contribution in [0.1, 0.15) is 51.4 Å². The number of hydrogen-bond donors (Lipinski definition) is 2. The molecule has 2 rings (SSSR count). The number of aliphatic hydroxyl groups is 2. The summed E-state index contributed by atoms with van der Waals surface area (Å²) in [5, 5.41) is 18.7. The lowest BCUT2D eigenvalue weighted by Gasteiger charge is -2.28. The molecule has 0 heterocycles. The van der Waals surface area contributed by atoms with Crippen molar-refractivity contribution in [3.05, 3.63) is 0 Å². The summed E-state index contributed by atoms with van der Waals surface area (Å²) in [5.74, 6) is 0. The van der Waals surface area contributed by atoms with Gasteiger partial charge in [0, 0.05) is 0 Å². The number of hydrogen-bond acceptors (Lipinski definition) is 4. The predicted molar refractivity (Wildman–Crippen MR) is 58.7 cm³/mol. The van der Waals surface area contributed by atoms with E-state index in [2.05, 4.69) is 0 Å². The molecule has 4 nitrogen and oxygen atoms in total. The zero-order valence-electron chi connectivity index (χ0n) is 9.68. The van der Waals surface area contributed by atoms with Crippen LogP contribution < -0.4 is 0 Å². The lowest BCUT2D eigenvalue weighted by molar-refractivity contribution is -0.360. The minimum absolute atomic E-state index is 0.148. The lowest BCUT2D eigenvalue weighted by Crippen LogP contribution is -2.29. The molecule has 0 spiro atoms. The summed E-state index contributed by atoms with van der Waals surface area (Å²) in [7, 11) is 0. The van der Waals surface area contributed by atoms with Gasteiger partial charge in [-0.3, -0.25) is 0 Å². The van der Waals surface area contributed by atoms with Crippen molar-refractivity contribution in [1.82, 2.24) is 0 Å². The fourth-order valence-electron chi connectivity index (χ4n) is 2.44. The van der Waals surface area contributed by atoms with Crippen LogP contribution in [-0.4, -0.2) is 34.6 Å². The van der Waals surface area contributed by atoms with E-state index in [-0.39, 0.29) is 24.4 Å². The Morgan fingerprint density at radius 3 is 1.19 bits per heavy atom. The molecule has 0 aromatic carbocycles. The maximum Gasteiger partial charge on any atom is 0.0932 e. The van der Waals surface area contributed by atoms with Gasteiger partial charge in [-0.05, 0) is 51.4 Å². The fourth-order valence-corrected chi connectivity index (χ4v) is 2.44. The first kappa shape index (κ1) is 12.3. The molecule has 0 bridgehead atoms. The first-order valence-corrected chi connectivity index (χ1v) is 6.42. The molecule has 4 heteroatoms. The van der Waals surface area contributed by atoms with Gasteiger partial charge in [0.15, 0.2) is 0 Å². The third kappa shape index (κ3) is 3.70. The second-order valence-electron chi connectivity index (χ2n) is 5.05. The van der Waals surface area contributed by atoms with Crippen molar-refractivity contribution in [1.29, 1.82) is 0 Å². The summed E-state index contributed by atoms with van der Waals surface area (Å²) < 4.78 is 0. The van der Waals surface area contributed by atoms with Crippen LogP contribution in [0, 0.1) is 0 Å². The summed E-state index contributed by atoms with van der Waals surface area (Å²) in [6, 6.07) is 0. The average molecular weight is 230 g/mol. The highest BCUT2D eigenvalue weighted by atomic mass is 17.2. The van der Waals surface area contributed by atoms with Gasteiger partial charge in [-0.2, -0.15) is 0 Å². The van der Waals surface area contributed by atoms with E-state index in [1.807, 2.05) is 0 Å². The Labute approximate surface area is 96.5 Å². The summed E-state index contributed by atoms with van der Waals surface area (Å²) in [5.41, 5.74) is 0.